The Morgan fingerprint density at radius 3 is 2.74 bits per heavy atom. The summed E-state index contributed by atoms with van der Waals surface area (Å²) in [4.78, 5) is 18.3. The standard InChI is InChI=1S/C27H23NO3/c1-18-8-2-3-9-20(18)17-31-27(29)25-22-12-4-5-14-24(22)28-26-19(10-6-13-23(25)26)16-21-11-7-15-30-21/h2-5,7-9,11-12,14-16H,6,10,13,17H2,1H3/b19-16-. The molecule has 0 bridgehead atoms. The summed E-state index contributed by atoms with van der Waals surface area (Å²) >= 11 is 0. The maximum absolute atomic E-state index is 13.4. The van der Waals surface area contributed by atoms with Crippen molar-refractivity contribution in [2.75, 3.05) is 0 Å². The second-order valence-electron chi connectivity index (χ2n) is 7.87. The number of hydrogen-bond donors (Lipinski definition) is 0. The Hall–Kier alpha value is -3.66. The number of esters is 1. The Labute approximate surface area is 181 Å². The van der Waals surface area contributed by atoms with Crippen LogP contribution in [0.4, 0.5) is 0 Å². The molecule has 4 aromatic rings. The van der Waals surface area contributed by atoms with Gasteiger partial charge in [0.1, 0.15) is 12.4 Å². The van der Waals surface area contributed by atoms with Gasteiger partial charge < -0.3 is 9.15 Å². The van der Waals surface area contributed by atoms with Crippen LogP contribution < -0.4 is 0 Å². The topological polar surface area (TPSA) is 52.3 Å². The van der Waals surface area contributed by atoms with Crippen molar-refractivity contribution in [1.29, 1.82) is 0 Å². The molecule has 2 aromatic carbocycles. The molecular weight excluding hydrogens is 386 g/mol. The van der Waals surface area contributed by atoms with Gasteiger partial charge in [0.15, 0.2) is 0 Å². The molecule has 0 spiro atoms. The van der Waals surface area contributed by atoms with E-state index in [1.54, 1.807) is 6.26 Å². The first-order valence-corrected chi connectivity index (χ1v) is 10.6. The molecule has 0 radical (unpaired) electrons. The molecule has 0 amide bonds. The van der Waals surface area contributed by atoms with Gasteiger partial charge in [0, 0.05) is 5.39 Å². The smallest absolute Gasteiger partial charge is 0.339 e. The van der Waals surface area contributed by atoms with Crippen LogP contribution >= 0.6 is 0 Å². The van der Waals surface area contributed by atoms with E-state index in [-0.39, 0.29) is 12.6 Å². The molecule has 0 unspecified atom stereocenters. The minimum absolute atomic E-state index is 0.256. The molecule has 0 fully saturated rings. The molecule has 0 N–H and O–H groups in total. The highest BCUT2D eigenvalue weighted by Crippen LogP contribution is 2.36. The predicted molar refractivity (Wildman–Crippen MR) is 122 cm³/mol. The van der Waals surface area contributed by atoms with Gasteiger partial charge >= 0.3 is 5.97 Å². The number of rotatable bonds is 4. The van der Waals surface area contributed by atoms with E-state index in [1.165, 1.54) is 0 Å². The van der Waals surface area contributed by atoms with Crippen molar-refractivity contribution < 1.29 is 13.9 Å². The third-order valence-corrected chi connectivity index (χ3v) is 5.85. The lowest BCUT2D eigenvalue weighted by Gasteiger charge is -2.22. The number of hydrogen-bond acceptors (Lipinski definition) is 4. The van der Waals surface area contributed by atoms with Gasteiger partial charge in [-0.3, -0.25) is 0 Å². The average Bonchev–Trinajstić information content (AvgIpc) is 3.30. The number of ether oxygens (including phenoxy) is 1. The van der Waals surface area contributed by atoms with Gasteiger partial charge in [-0.05, 0) is 72.7 Å². The van der Waals surface area contributed by atoms with E-state index < -0.39 is 0 Å². The van der Waals surface area contributed by atoms with Crippen LogP contribution in [0.3, 0.4) is 0 Å². The van der Waals surface area contributed by atoms with Crippen LogP contribution in [-0.4, -0.2) is 11.0 Å². The molecule has 154 valence electrons. The number of allylic oxidation sites excluding steroid dienone is 1. The minimum atomic E-state index is -0.294. The molecule has 4 nitrogen and oxygen atoms in total. The molecule has 1 aliphatic rings. The summed E-state index contributed by atoms with van der Waals surface area (Å²) in [5, 5.41) is 0.843. The summed E-state index contributed by atoms with van der Waals surface area (Å²) in [6.07, 6.45) is 6.35. The number of carbonyl (C=O) groups excluding carboxylic acids is 1. The van der Waals surface area contributed by atoms with Crippen LogP contribution in [0.5, 0.6) is 0 Å². The normalized spacial score (nSPS) is 14.5. The lowest BCUT2D eigenvalue weighted by molar-refractivity contribution is 0.0473. The summed E-state index contributed by atoms with van der Waals surface area (Å²) in [7, 11) is 0. The molecule has 0 saturated carbocycles. The third-order valence-electron chi connectivity index (χ3n) is 5.85. The lowest BCUT2D eigenvalue weighted by Crippen LogP contribution is -2.15. The zero-order chi connectivity index (χ0) is 21.2. The van der Waals surface area contributed by atoms with Crippen molar-refractivity contribution in [1.82, 2.24) is 4.98 Å². The highest BCUT2D eigenvalue weighted by Gasteiger charge is 2.26. The van der Waals surface area contributed by atoms with Gasteiger partial charge in [-0.2, -0.15) is 0 Å². The monoisotopic (exact) mass is 409 g/mol. The van der Waals surface area contributed by atoms with Crippen LogP contribution in [0.2, 0.25) is 0 Å². The Morgan fingerprint density at radius 2 is 1.90 bits per heavy atom. The highest BCUT2D eigenvalue weighted by molar-refractivity contribution is 6.06. The van der Waals surface area contributed by atoms with Crippen molar-refractivity contribution in [3.63, 3.8) is 0 Å². The Kier molecular flexibility index (Phi) is 5.13. The van der Waals surface area contributed by atoms with Crippen molar-refractivity contribution in [3.8, 4) is 0 Å². The maximum atomic E-state index is 13.4. The molecule has 0 saturated heterocycles. The van der Waals surface area contributed by atoms with Crippen LogP contribution in [0.1, 0.15) is 51.3 Å². The van der Waals surface area contributed by atoms with Gasteiger partial charge in [-0.1, -0.05) is 42.5 Å². The van der Waals surface area contributed by atoms with E-state index in [0.29, 0.717) is 5.56 Å². The Morgan fingerprint density at radius 1 is 1.06 bits per heavy atom. The molecule has 31 heavy (non-hydrogen) atoms. The van der Waals surface area contributed by atoms with E-state index in [0.717, 1.165) is 63.9 Å². The maximum Gasteiger partial charge on any atom is 0.339 e. The second kappa shape index (κ2) is 8.23. The Balaban J connectivity index is 1.59. The number of carbonyl (C=O) groups is 1. The fraction of sp³-hybridized carbons (Fsp3) is 0.185. The van der Waals surface area contributed by atoms with Crippen LogP contribution in [-0.2, 0) is 17.8 Å². The van der Waals surface area contributed by atoms with E-state index >= 15 is 0 Å². The summed E-state index contributed by atoms with van der Waals surface area (Å²) in [5.74, 6) is 0.499. The zero-order valence-corrected chi connectivity index (χ0v) is 17.4. The highest BCUT2D eigenvalue weighted by atomic mass is 16.5. The first-order chi connectivity index (χ1) is 15.2. The van der Waals surface area contributed by atoms with Crippen LogP contribution in [0.15, 0.2) is 71.3 Å². The lowest BCUT2D eigenvalue weighted by atomic mass is 9.86. The summed E-state index contributed by atoms with van der Waals surface area (Å²) in [5.41, 5.74) is 6.51. The van der Waals surface area contributed by atoms with Gasteiger partial charge in [0.25, 0.3) is 0 Å². The molecule has 0 atom stereocenters. The first kappa shape index (κ1) is 19.3. The van der Waals surface area contributed by atoms with Gasteiger partial charge in [-0.15, -0.1) is 0 Å². The second-order valence-corrected chi connectivity index (χ2v) is 7.87. The average molecular weight is 409 g/mol. The number of aryl methyl sites for hydroxylation is 1. The zero-order valence-electron chi connectivity index (χ0n) is 17.4. The minimum Gasteiger partial charge on any atom is -0.465 e. The molecule has 1 aliphatic carbocycles. The molecule has 2 aromatic heterocycles. The van der Waals surface area contributed by atoms with E-state index in [4.69, 9.17) is 14.1 Å². The summed E-state index contributed by atoms with van der Waals surface area (Å²) in [6.45, 7) is 2.28. The van der Waals surface area contributed by atoms with Gasteiger partial charge in [0.2, 0.25) is 0 Å². The number of fused-ring (bicyclic) bond motifs is 2. The van der Waals surface area contributed by atoms with Crippen LogP contribution in [0, 0.1) is 6.92 Å². The first-order valence-electron chi connectivity index (χ1n) is 10.6. The number of aromatic nitrogens is 1. The third kappa shape index (κ3) is 3.77. The van der Waals surface area contributed by atoms with E-state index in [1.807, 2.05) is 73.7 Å². The Bertz CT molecular complexity index is 1290. The quantitative estimate of drug-likeness (QED) is 0.368. The van der Waals surface area contributed by atoms with Crippen LogP contribution in [0.25, 0.3) is 22.6 Å². The number of benzene rings is 2. The van der Waals surface area contributed by atoms with E-state index in [2.05, 4.69) is 0 Å². The molecule has 0 aliphatic heterocycles. The molecule has 5 rings (SSSR count). The summed E-state index contributed by atoms with van der Waals surface area (Å²) in [6, 6.07) is 19.6. The fourth-order valence-corrected chi connectivity index (χ4v) is 4.24. The number of pyridine rings is 1. The molecular formula is C27H23NO3. The van der Waals surface area contributed by atoms with Gasteiger partial charge in [0.05, 0.1) is 23.0 Å². The molecule has 4 heteroatoms. The number of para-hydroxylation sites is 1. The molecule has 2 heterocycles. The predicted octanol–water partition coefficient (Wildman–Crippen LogP) is 6.37. The number of nitrogens with zero attached hydrogens (tertiary/aromatic N) is 1. The largest absolute Gasteiger partial charge is 0.465 e. The summed E-state index contributed by atoms with van der Waals surface area (Å²) < 4.78 is 11.3. The SMILES string of the molecule is Cc1ccccc1COC(=O)c1c2c(nc3ccccc13)/C(=C\c1ccco1)CCC2. The van der Waals surface area contributed by atoms with Crippen molar-refractivity contribution in [2.24, 2.45) is 0 Å². The van der Waals surface area contributed by atoms with Gasteiger partial charge in [-0.25, -0.2) is 9.78 Å². The van der Waals surface area contributed by atoms with E-state index in [9.17, 15) is 4.79 Å². The van der Waals surface area contributed by atoms with Crippen molar-refractivity contribution in [2.45, 2.75) is 32.8 Å². The fourth-order valence-electron chi connectivity index (χ4n) is 4.24. The van der Waals surface area contributed by atoms with Crippen molar-refractivity contribution >= 4 is 28.5 Å². The van der Waals surface area contributed by atoms with Crippen molar-refractivity contribution in [3.05, 3.63) is 101 Å². The number of furan rings is 1.